The van der Waals surface area contributed by atoms with Gasteiger partial charge in [-0.15, -0.1) is 48.0 Å². The number of halogens is 4. The normalized spacial score (nSPS) is 35.7. The Morgan fingerprint density at radius 2 is 0.549 bits per heavy atom. The van der Waals surface area contributed by atoms with Crippen molar-refractivity contribution in [1.29, 1.82) is 0 Å². The highest BCUT2D eigenvalue weighted by Gasteiger charge is 2.68. The Morgan fingerprint density at radius 3 is 0.789 bits per heavy atom. The van der Waals surface area contributed by atoms with Gasteiger partial charge < -0.3 is 68.2 Å². The van der Waals surface area contributed by atoms with Crippen LogP contribution in [0.25, 0.3) is 0 Å². The van der Waals surface area contributed by atoms with Gasteiger partial charge in [0.25, 0.3) is 0 Å². The summed E-state index contributed by atoms with van der Waals surface area (Å²) in [7, 11) is -0.406. The second-order valence-electron chi connectivity index (χ2n) is 43.6. The van der Waals surface area contributed by atoms with Crippen LogP contribution < -0.4 is 4.74 Å². The highest BCUT2D eigenvalue weighted by atomic mass is 127. The zero-order valence-electron chi connectivity index (χ0n) is 79.6. The lowest BCUT2D eigenvalue weighted by molar-refractivity contribution is -0.344. The summed E-state index contributed by atoms with van der Waals surface area (Å²) in [5.74, 6) is 3.00. The van der Waals surface area contributed by atoms with Gasteiger partial charge in [-0.25, -0.2) is 0 Å². The summed E-state index contributed by atoms with van der Waals surface area (Å²) >= 11 is 10.7. The molecule has 4 saturated heterocycles. The summed E-state index contributed by atoms with van der Waals surface area (Å²) in [6.07, 6.45) is 27.0. The van der Waals surface area contributed by atoms with E-state index in [1.165, 1.54) is 82.3 Å². The molecule has 0 amide bonds. The molecule has 5 N–H and O–H groups in total. The molecule has 4 unspecified atom stereocenters. The number of carbonyl (C=O) groups is 11. The Bertz CT molecular complexity index is 5050. The first-order valence-electron chi connectivity index (χ1n) is 51.0. The lowest BCUT2D eigenvalue weighted by Gasteiger charge is -2.60. The van der Waals surface area contributed by atoms with Crippen molar-refractivity contribution < 1.29 is 121 Å². The molecule has 25 nitrogen and oxygen atoms in total. The summed E-state index contributed by atoms with van der Waals surface area (Å²) in [5.41, 5.74) is 0. The first-order valence-corrected chi connectivity index (χ1v) is 54.2. The molecule has 30 rings (SSSR count). The largest absolute Gasteiger partial charge is 0.508 e. The van der Waals surface area contributed by atoms with Crippen molar-refractivity contribution in [2.45, 2.75) is 258 Å². The highest BCUT2D eigenvalue weighted by molar-refractivity contribution is 14.0. The number of aromatic hydroxyl groups is 1. The fourth-order valence-electron chi connectivity index (χ4n) is 29.2. The number of hydrogen-bond acceptors (Lipinski definition) is 22. The number of benzene rings is 6. The number of aliphatic hydroxyl groups is 1. The lowest BCUT2D eigenvalue weighted by Crippen LogP contribution is -2.64. The molecule has 4 heterocycles. The Labute approximate surface area is 878 Å². The summed E-state index contributed by atoms with van der Waals surface area (Å²) in [6, 6.07) is 57.0. The quantitative estimate of drug-likeness (QED) is 0.0126. The van der Waals surface area contributed by atoms with Crippen LogP contribution in [-0.2, 0) is 112 Å². The predicted molar refractivity (Wildman–Crippen MR) is 543 cm³/mol. The number of hydrogen-bond donors (Lipinski definition) is 5. The minimum atomic E-state index is -1.28. The maximum absolute atomic E-state index is 13.1. The number of esters is 5. The van der Waals surface area contributed by atoms with Crippen LogP contribution in [-0.4, -0.2) is 145 Å². The third-order valence-corrected chi connectivity index (χ3v) is 39.0. The number of phenolic OH excluding ortho intramolecular Hbond substituents is 1. The molecule has 20 bridgehead atoms. The van der Waals surface area contributed by atoms with Gasteiger partial charge in [-0.3, -0.25) is 52.7 Å². The molecule has 20 aliphatic carbocycles. The van der Waals surface area contributed by atoms with E-state index in [-0.39, 0.29) is 146 Å². The minimum absolute atomic E-state index is 0. The van der Waals surface area contributed by atoms with E-state index in [1.807, 2.05) is 60.7 Å². The van der Waals surface area contributed by atoms with Crippen LogP contribution in [0.4, 0.5) is 0 Å². The van der Waals surface area contributed by atoms with E-state index < -0.39 is 100 Å². The van der Waals surface area contributed by atoms with Crippen LogP contribution in [0.1, 0.15) is 199 Å². The number of carboxylic acids is 3. The van der Waals surface area contributed by atoms with Crippen molar-refractivity contribution in [3.8, 4) is 11.5 Å². The van der Waals surface area contributed by atoms with E-state index in [0.29, 0.717) is 76.5 Å². The fraction of sp³-hybridized carbons (Fsp3) is 0.577. The maximum Gasteiger partial charge on any atom is 0.314 e. The topological polar surface area (TPSA) is 372 Å². The standard InChI is InChI=1S/C33H33O5S.C18H14OS.2C15H19ClO4.C15H20O5.C10H14O.C5H8O5.2HI/c34-31(20-24-21-36-33(38-32(24)35)25-16-22-15-23(18-25)19-26(33)17-22)37-27-11-13-30(14-12-27)39(28-7-3-1-4-8-28)29-9-5-2-6-10-29;19-15-11-13-18(14-12-15)20(16-7-3-1-4-8-16)17-9-5-2-6-10-17;3*16-13(17)6-10-7-19-15(20-14(10)18)11-2-8-1-9(4-11)5-12(15)3-8;11-10-8-2-6-1-7(4-8)5-9(10)3-6;6-3(1-4(7)8)2-5(9)10;;/h1-14,22-26H,15-21H2;1-14H;2*8-12H,1-7H2;8-12H,1-7H2,(H,16,17);6-9H,1-5H2;3,6H,1-2H2,(H,7,8)(H,9,10);2*1H/q+1;;;;;;;;/p+1. The van der Waals surface area contributed by atoms with Crippen LogP contribution in [0, 0.1) is 142 Å². The second-order valence-corrected chi connectivity index (χ2v) is 48.5. The molecule has 24 aliphatic rings. The van der Waals surface area contributed by atoms with E-state index in [1.54, 1.807) is 12.1 Å². The molecule has 4 atom stereocenters. The molecule has 6 aromatic rings. The van der Waals surface area contributed by atoms with Crippen LogP contribution in [0.3, 0.4) is 0 Å². The van der Waals surface area contributed by atoms with E-state index in [9.17, 15) is 57.8 Å². The monoisotopic (exact) mass is 2250 g/mol. The number of ether oxygens (including phenoxy) is 9. The molecular weight excluding hydrogens is 2120 g/mol. The van der Waals surface area contributed by atoms with Crippen LogP contribution in [0.2, 0.25) is 0 Å². The van der Waals surface area contributed by atoms with Gasteiger partial charge in [-0.2, -0.15) is 0 Å². The van der Waals surface area contributed by atoms with E-state index in [2.05, 4.69) is 97.1 Å². The van der Waals surface area contributed by atoms with Crippen molar-refractivity contribution in [3.05, 3.63) is 170 Å². The van der Waals surface area contributed by atoms with Crippen molar-refractivity contribution in [2.24, 2.45) is 142 Å². The van der Waals surface area contributed by atoms with Crippen LogP contribution >= 0.6 is 71.2 Å². The van der Waals surface area contributed by atoms with E-state index in [0.717, 1.165) is 167 Å². The smallest absolute Gasteiger partial charge is 0.314 e. The van der Waals surface area contributed by atoms with Gasteiger partial charge in [0, 0.05) is 72.0 Å². The second kappa shape index (κ2) is 45.6. The average molecular weight is 2250 g/mol. The number of rotatable bonds is 19. The van der Waals surface area contributed by atoms with Gasteiger partial charge in [0.05, 0.1) is 104 Å². The molecular formula is C111H130Cl2I2O25S2+2. The first-order chi connectivity index (χ1) is 67.5. The molecule has 0 radical (unpaired) electrons. The first kappa shape index (κ1) is 106. The Morgan fingerprint density at radius 1 is 0.317 bits per heavy atom. The molecule has 31 heteroatoms. The summed E-state index contributed by atoms with van der Waals surface area (Å²) in [4.78, 5) is 134. The fourth-order valence-corrected chi connectivity index (χ4v) is 33.7. The molecule has 24 fully saturated rings. The molecule has 762 valence electrons. The van der Waals surface area contributed by atoms with Gasteiger partial charge in [0.1, 0.15) is 17.3 Å². The zero-order valence-corrected chi connectivity index (χ0v) is 87.4. The van der Waals surface area contributed by atoms with E-state index >= 15 is 0 Å². The average Bonchev–Trinajstić information content (AvgIpc) is 0.729. The SMILES string of the molecule is I.I.O=C(CC1COC2(OC1=O)C1CC3CC(C1)CC2C3)Oc1ccc([S+](c2ccccc2)c2ccccc2)cc1.O=C(Cl)CC1COC2(OC1=O)C1CC3CC(C1)CC2C3.O=C(Cl)CC1COC2(OC1=O)C1CC3CC(C1)CC2C3.O=C(O)CC(O)CC(=O)O.O=C(O)CC1COC2(OC1=O)C1CC3CC(C1)CC2C3.O=C1C2CC3CC(C2)CC1C3.Oc1ccc([S+](c2ccccc2)c2ccccc2)cc1. The summed E-state index contributed by atoms with van der Waals surface area (Å²) < 4.78 is 53.6. The number of ketones is 1. The van der Waals surface area contributed by atoms with E-state index in [4.69, 9.17) is 86.3 Å². The van der Waals surface area contributed by atoms with Gasteiger partial charge in [-0.1, -0.05) is 72.8 Å². The number of aliphatic hydroxyl groups excluding tert-OH is 1. The number of Topliss-reactive ketones (excluding diaryl/α,β-unsaturated/α-hetero) is 1. The molecule has 4 spiro atoms. The van der Waals surface area contributed by atoms with Gasteiger partial charge in [0.15, 0.2) is 29.4 Å². The van der Waals surface area contributed by atoms with Crippen molar-refractivity contribution in [2.75, 3.05) is 26.4 Å². The lowest BCUT2D eigenvalue weighted by atomic mass is 9.53. The maximum atomic E-state index is 13.1. The van der Waals surface area contributed by atoms with Crippen molar-refractivity contribution >= 4 is 157 Å². The number of carboxylic acid groups (broad SMARTS) is 3. The Balaban J connectivity index is 0.000000119. The highest BCUT2D eigenvalue weighted by Crippen LogP contribution is 2.66. The van der Waals surface area contributed by atoms with Gasteiger partial charge >= 0.3 is 47.8 Å². The van der Waals surface area contributed by atoms with Gasteiger partial charge in [-0.05, 0) is 340 Å². The minimum Gasteiger partial charge on any atom is -0.508 e. The molecule has 4 aliphatic heterocycles. The number of carbonyl (C=O) groups excluding carboxylic acids is 8. The third-order valence-electron chi connectivity index (χ3n) is 34.2. The zero-order chi connectivity index (χ0) is 97.5. The molecule has 6 aromatic carbocycles. The number of aliphatic carboxylic acids is 3. The molecule has 0 aromatic heterocycles. The molecule has 142 heavy (non-hydrogen) atoms. The number of phenols is 1. The van der Waals surface area contributed by atoms with Crippen LogP contribution in [0.5, 0.6) is 11.5 Å². The predicted octanol–water partition coefficient (Wildman–Crippen LogP) is 20.2. The Kier molecular flexibility index (Phi) is 34.0. The van der Waals surface area contributed by atoms with Crippen molar-refractivity contribution in [1.82, 2.24) is 0 Å². The van der Waals surface area contributed by atoms with Crippen LogP contribution in [0.15, 0.2) is 199 Å². The van der Waals surface area contributed by atoms with Gasteiger partial charge in [0.2, 0.25) is 33.6 Å². The van der Waals surface area contributed by atoms with Crippen molar-refractivity contribution in [3.63, 3.8) is 0 Å². The molecule has 20 saturated carbocycles. The Hall–Kier alpha value is -7.57. The summed E-state index contributed by atoms with van der Waals surface area (Å²) in [6.45, 7) is 0.985. The summed E-state index contributed by atoms with van der Waals surface area (Å²) in [5, 5.41) is 42.0. The third kappa shape index (κ3) is 23.4.